The third-order valence-corrected chi connectivity index (χ3v) is 7.00. The summed E-state index contributed by atoms with van der Waals surface area (Å²) >= 11 is 0. The molecule has 1 aromatic carbocycles. The van der Waals surface area contributed by atoms with Crippen molar-refractivity contribution in [3.63, 3.8) is 0 Å². The van der Waals surface area contributed by atoms with Gasteiger partial charge in [0.25, 0.3) is 0 Å². The second-order valence-electron chi connectivity index (χ2n) is 11.1. The second-order valence-corrected chi connectivity index (χ2v) is 11.1. The van der Waals surface area contributed by atoms with Gasteiger partial charge in [-0.3, -0.25) is 19.9 Å². The Balaban J connectivity index is 1.33. The van der Waals surface area contributed by atoms with Gasteiger partial charge in [0.2, 0.25) is 5.91 Å². The van der Waals surface area contributed by atoms with Gasteiger partial charge in [0.05, 0.1) is 41.5 Å². The minimum atomic E-state index is -0.378. The monoisotopic (exact) mass is 593 g/mol. The van der Waals surface area contributed by atoms with E-state index >= 15 is 0 Å². The zero-order valence-electron chi connectivity index (χ0n) is 24.8. The normalized spacial score (nSPS) is 11.6. The van der Waals surface area contributed by atoms with Crippen LogP contribution in [-0.2, 0) is 4.79 Å². The van der Waals surface area contributed by atoms with Crippen molar-refractivity contribution in [2.45, 2.75) is 0 Å². The number of benzene rings is 1. The minimum absolute atomic E-state index is 0.132. The van der Waals surface area contributed by atoms with Crippen molar-refractivity contribution < 1.29 is 13.9 Å². The molecule has 0 spiro atoms. The van der Waals surface area contributed by atoms with Crippen LogP contribution in [0.5, 0.6) is 5.75 Å². The molecule has 0 radical (unpaired) electrons. The summed E-state index contributed by atoms with van der Waals surface area (Å²) in [5, 5.41) is 12.2. The smallest absolute Gasteiger partial charge is 0.238 e. The summed E-state index contributed by atoms with van der Waals surface area (Å²) < 4.78 is 20.5. The Morgan fingerprint density at radius 3 is 2.64 bits per heavy atom. The van der Waals surface area contributed by atoms with Crippen LogP contribution in [0.15, 0.2) is 67.3 Å². The molecule has 0 aliphatic rings. The fraction of sp³-hybridized carbons (Fsp3) is 0.219. The number of rotatable bonds is 10. The third-order valence-electron chi connectivity index (χ3n) is 7.00. The van der Waals surface area contributed by atoms with Gasteiger partial charge in [-0.1, -0.05) is 0 Å². The van der Waals surface area contributed by atoms with Gasteiger partial charge >= 0.3 is 0 Å². The lowest BCUT2D eigenvalue weighted by Gasteiger charge is -2.12. The molecule has 44 heavy (non-hydrogen) atoms. The maximum atomic E-state index is 14.7. The highest BCUT2D eigenvalue weighted by Gasteiger charge is 2.17. The van der Waals surface area contributed by atoms with Gasteiger partial charge in [-0.15, -0.1) is 0 Å². The zero-order valence-corrected chi connectivity index (χ0v) is 24.8. The summed E-state index contributed by atoms with van der Waals surface area (Å²) in [7, 11) is 7.59. The molecule has 12 heteroatoms. The van der Waals surface area contributed by atoms with Crippen molar-refractivity contribution in [1.82, 2.24) is 39.9 Å². The fourth-order valence-corrected chi connectivity index (χ4v) is 4.97. The number of anilines is 1. The number of carbonyl (C=O) groups excluding carboxylic acids is 1. The quantitative estimate of drug-likeness (QED) is 0.207. The first-order valence-electron chi connectivity index (χ1n) is 14.0. The van der Waals surface area contributed by atoms with E-state index in [-0.39, 0.29) is 18.3 Å². The molecule has 0 unspecified atom stereocenters. The van der Waals surface area contributed by atoms with Gasteiger partial charge in [-0.2, -0.15) is 5.10 Å². The highest BCUT2D eigenvalue weighted by Crippen LogP contribution is 2.35. The number of fused-ring (bicyclic) bond motifs is 2. The van der Waals surface area contributed by atoms with Gasteiger partial charge in [0, 0.05) is 41.3 Å². The molecular weight excluding hydrogens is 561 g/mol. The van der Waals surface area contributed by atoms with E-state index in [9.17, 15) is 9.18 Å². The summed E-state index contributed by atoms with van der Waals surface area (Å²) in [6.07, 6.45) is 6.71. The summed E-state index contributed by atoms with van der Waals surface area (Å²) in [5.74, 6) is -0.0402. The minimum Gasteiger partial charge on any atom is -0.492 e. The molecule has 5 heterocycles. The number of amides is 1. The van der Waals surface area contributed by atoms with E-state index in [1.807, 2.05) is 63.4 Å². The molecule has 224 valence electrons. The Labute approximate surface area is 253 Å². The lowest BCUT2D eigenvalue weighted by molar-refractivity contribution is -0.116. The second kappa shape index (κ2) is 12.2. The van der Waals surface area contributed by atoms with Crippen LogP contribution in [0.3, 0.4) is 0 Å². The first kappa shape index (κ1) is 28.9. The van der Waals surface area contributed by atoms with Crippen LogP contribution in [0, 0.1) is 5.82 Å². The van der Waals surface area contributed by atoms with Crippen LogP contribution in [0.4, 0.5) is 10.1 Å². The largest absolute Gasteiger partial charge is 0.492 e. The fourth-order valence-electron chi connectivity index (χ4n) is 4.97. The van der Waals surface area contributed by atoms with Gasteiger partial charge in [0.1, 0.15) is 29.5 Å². The van der Waals surface area contributed by atoms with Crippen LogP contribution in [0.1, 0.15) is 0 Å². The predicted molar refractivity (Wildman–Crippen MR) is 169 cm³/mol. The molecule has 0 fully saturated rings. The molecule has 6 aromatic rings. The van der Waals surface area contributed by atoms with Crippen LogP contribution in [-0.4, -0.2) is 93.7 Å². The molecule has 1 amide bonds. The van der Waals surface area contributed by atoms with Crippen molar-refractivity contribution in [1.29, 1.82) is 0 Å². The van der Waals surface area contributed by atoms with Crippen molar-refractivity contribution in [2.75, 3.05) is 53.2 Å². The van der Waals surface area contributed by atoms with Gasteiger partial charge in [-0.05, 0) is 75.7 Å². The molecule has 0 saturated carbocycles. The number of nitrogens with zero attached hydrogens (tertiary/aromatic N) is 6. The van der Waals surface area contributed by atoms with E-state index in [2.05, 4.69) is 35.5 Å². The molecule has 0 aliphatic carbocycles. The predicted octanol–water partition coefficient (Wildman–Crippen LogP) is 4.81. The van der Waals surface area contributed by atoms with E-state index in [1.165, 1.54) is 12.1 Å². The van der Waals surface area contributed by atoms with Gasteiger partial charge in [0.15, 0.2) is 0 Å². The number of hydrogen-bond donors (Lipinski definition) is 3. The SMILES string of the molecule is CN(C)CCOc1cc(F)cc(-c2ccnc3[nH]c(-c4n[nH]c5cnc(-c6cncc(NC(=O)CN(C)C)c6)cc45)cc23)c1. The molecule has 3 N–H and O–H groups in total. The Bertz CT molecular complexity index is 1960. The van der Waals surface area contributed by atoms with Gasteiger partial charge in [-0.25, -0.2) is 9.37 Å². The lowest BCUT2D eigenvalue weighted by atomic mass is 10.0. The lowest BCUT2D eigenvalue weighted by Crippen LogP contribution is -2.27. The molecule has 0 aliphatic heterocycles. The number of nitrogens with one attached hydrogen (secondary N) is 3. The van der Waals surface area contributed by atoms with Crippen molar-refractivity contribution in [3.8, 4) is 39.5 Å². The zero-order chi connectivity index (χ0) is 30.8. The number of hydrogen-bond acceptors (Lipinski definition) is 8. The molecule has 6 rings (SSSR count). The van der Waals surface area contributed by atoms with E-state index < -0.39 is 0 Å². The molecule has 0 saturated heterocycles. The summed E-state index contributed by atoms with van der Waals surface area (Å²) in [6, 6.07) is 12.3. The molecule has 0 bridgehead atoms. The summed E-state index contributed by atoms with van der Waals surface area (Å²) in [5.41, 5.74) is 6.33. The average Bonchev–Trinajstić information content (AvgIpc) is 3.60. The van der Waals surface area contributed by atoms with E-state index in [0.29, 0.717) is 40.6 Å². The highest BCUT2D eigenvalue weighted by atomic mass is 19.1. The average molecular weight is 594 g/mol. The van der Waals surface area contributed by atoms with E-state index in [4.69, 9.17) is 4.74 Å². The van der Waals surface area contributed by atoms with Crippen LogP contribution in [0.2, 0.25) is 0 Å². The first-order valence-corrected chi connectivity index (χ1v) is 14.0. The Morgan fingerprint density at radius 1 is 0.955 bits per heavy atom. The maximum absolute atomic E-state index is 14.7. The van der Waals surface area contributed by atoms with E-state index in [0.717, 1.165) is 39.7 Å². The van der Waals surface area contributed by atoms with E-state index in [1.54, 1.807) is 29.7 Å². The highest BCUT2D eigenvalue weighted by molar-refractivity contribution is 6.00. The molecule has 5 aromatic heterocycles. The number of H-pyrrole nitrogens is 2. The Kier molecular flexibility index (Phi) is 8.01. The number of halogens is 1. The number of aromatic nitrogens is 6. The number of likely N-dealkylation sites (N-methyl/N-ethyl adjacent to an activating group) is 2. The Morgan fingerprint density at radius 2 is 1.82 bits per heavy atom. The summed E-state index contributed by atoms with van der Waals surface area (Å²) in [6.45, 7) is 1.43. The van der Waals surface area contributed by atoms with Crippen LogP contribution >= 0.6 is 0 Å². The van der Waals surface area contributed by atoms with Crippen molar-refractivity contribution in [2.24, 2.45) is 0 Å². The number of aromatic amines is 2. The number of ether oxygens (including phenoxy) is 1. The van der Waals surface area contributed by atoms with Gasteiger partial charge < -0.3 is 24.8 Å². The first-order chi connectivity index (χ1) is 21.2. The topological polar surface area (TPSA) is 128 Å². The molecule has 0 atom stereocenters. The third kappa shape index (κ3) is 6.26. The summed E-state index contributed by atoms with van der Waals surface area (Å²) in [4.78, 5) is 32.8. The van der Waals surface area contributed by atoms with Crippen molar-refractivity contribution in [3.05, 3.63) is 73.1 Å². The maximum Gasteiger partial charge on any atom is 0.238 e. The molecular formula is C32H32FN9O2. The Hall–Kier alpha value is -5.20. The standard InChI is InChI=1S/C32H32FN9O2/c1-41(2)7-8-44-23-11-19(9-21(33)12-23)24-5-6-35-32-25(24)13-28(38-32)31-26-14-27(36-17-29(26)39-40-31)20-10-22(16-34-15-20)37-30(43)18-42(3)4/h5-6,9-17H,7-8,18H2,1-4H3,(H,35,38)(H,37,43)(H,39,40). The number of pyridine rings is 3. The number of carbonyl (C=O) groups is 1. The van der Waals surface area contributed by atoms with Crippen molar-refractivity contribution >= 4 is 33.5 Å². The van der Waals surface area contributed by atoms with Crippen LogP contribution in [0.25, 0.3) is 55.7 Å². The molecule has 11 nitrogen and oxygen atoms in total. The van der Waals surface area contributed by atoms with Crippen LogP contribution < -0.4 is 10.1 Å².